The second-order valence-electron chi connectivity index (χ2n) is 4.26. The average Bonchev–Trinajstić information content (AvgIpc) is 2.26. The highest BCUT2D eigenvalue weighted by atomic mass is 127. The number of hydrogen-bond donors (Lipinski definition) is 1. The average molecular weight is 348 g/mol. The molecule has 0 amide bonds. The van der Waals surface area contributed by atoms with E-state index >= 15 is 0 Å². The zero-order valence-electron chi connectivity index (χ0n) is 10.4. The normalized spacial score (nSPS) is 10.5. The van der Waals surface area contributed by atoms with Crippen molar-refractivity contribution in [1.82, 2.24) is 0 Å². The van der Waals surface area contributed by atoms with Crippen LogP contribution in [0.25, 0.3) is 0 Å². The number of unbranched alkanes of at least 4 members (excludes halogenated alkanes) is 5. The quantitative estimate of drug-likeness (QED) is 0.543. The molecule has 0 aliphatic carbocycles. The highest BCUT2D eigenvalue weighted by molar-refractivity contribution is 14.1. The molecule has 96 valence electrons. The van der Waals surface area contributed by atoms with Crippen LogP contribution in [0.2, 0.25) is 0 Å². The van der Waals surface area contributed by atoms with Crippen LogP contribution < -0.4 is 4.74 Å². The second-order valence-corrected chi connectivity index (χ2v) is 5.51. The number of ether oxygens (including phenoxy) is 1. The summed E-state index contributed by atoms with van der Waals surface area (Å²) in [6.07, 6.45) is 7.59. The Morgan fingerprint density at radius 1 is 1.06 bits per heavy atom. The molecule has 0 aliphatic heterocycles. The molecule has 0 atom stereocenters. The lowest BCUT2D eigenvalue weighted by molar-refractivity contribution is 0.302. The van der Waals surface area contributed by atoms with Gasteiger partial charge in [0.05, 0.1) is 6.61 Å². The Kier molecular flexibility index (Phi) is 7.40. The minimum atomic E-state index is 0.273. The van der Waals surface area contributed by atoms with E-state index in [2.05, 4.69) is 29.5 Å². The summed E-state index contributed by atoms with van der Waals surface area (Å²) in [4.78, 5) is 0. The van der Waals surface area contributed by atoms with Gasteiger partial charge in [0.1, 0.15) is 11.5 Å². The first-order valence-electron chi connectivity index (χ1n) is 6.34. The predicted octanol–water partition coefficient (Wildman–Crippen LogP) is 4.74. The van der Waals surface area contributed by atoms with Gasteiger partial charge in [0.25, 0.3) is 0 Å². The standard InChI is InChI=1S/C14H21IO2/c1-2-3-4-5-6-7-8-17-14-10-12(15)9-13(16)11-14/h9-11,16H,2-8H2,1H3. The van der Waals surface area contributed by atoms with Gasteiger partial charge in [0.15, 0.2) is 0 Å². The van der Waals surface area contributed by atoms with Gasteiger partial charge in [-0.1, -0.05) is 39.0 Å². The summed E-state index contributed by atoms with van der Waals surface area (Å²) in [7, 11) is 0. The molecule has 2 nitrogen and oxygen atoms in total. The van der Waals surface area contributed by atoms with Crippen molar-refractivity contribution in [2.45, 2.75) is 45.4 Å². The summed E-state index contributed by atoms with van der Waals surface area (Å²) < 4.78 is 6.61. The van der Waals surface area contributed by atoms with Crippen LogP contribution in [0.15, 0.2) is 18.2 Å². The van der Waals surface area contributed by atoms with Crippen LogP contribution in [0, 0.1) is 3.57 Å². The van der Waals surface area contributed by atoms with E-state index in [0.29, 0.717) is 0 Å². The maximum absolute atomic E-state index is 9.41. The Hall–Kier alpha value is -0.450. The lowest BCUT2D eigenvalue weighted by Gasteiger charge is -2.07. The van der Waals surface area contributed by atoms with Crippen molar-refractivity contribution < 1.29 is 9.84 Å². The van der Waals surface area contributed by atoms with Crippen molar-refractivity contribution in [2.24, 2.45) is 0 Å². The molecule has 0 aromatic heterocycles. The van der Waals surface area contributed by atoms with Crippen LogP contribution in [0.3, 0.4) is 0 Å². The van der Waals surface area contributed by atoms with Gasteiger partial charge in [-0.3, -0.25) is 0 Å². The van der Waals surface area contributed by atoms with Crippen molar-refractivity contribution in [2.75, 3.05) is 6.61 Å². The fourth-order valence-electron chi connectivity index (χ4n) is 1.70. The highest BCUT2D eigenvalue weighted by Gasteiger charge is 1.99. The molecule has 17 heavy (non-hydrogen) atoms. The van der Waals surface area contributed by atoms with Crippen LogP contribution in [-0.4, -0.2) is 11.7 Å². The molecule has 1 aromatic carbocycles. The van der Waals surface area contributed by atoms with E-state index in [1.54, 1.807) is 12.1 Å². The van der Waals surface area contributed by atoms with E-state index in [0.717, 1.165) is 22.3 Å². The molecule has 0 saturated heterocycles. The zero-order valence-corrected chi connectivity index (χ0v) is 12.6. The number of phenolic OH excluding ortho intramolecular Hbond substituents is 1. The topological polar surface area (TPSA) is 29.5 Å². The maximum atomic E-state index is 9.41. The Morgan fingerprint density at radius 2 is 1.76 bits per heavy atom. The number of phenols is 1. The van der Waals surface area contributed by atoms with Gasteiger partial charge in [0, 0.05) is 9.64 Å². The minimum absolute atomic E-state index is 0.273. The lowest BCUT2D eigenvalue weighted by Crippen LogP contribution is -1.97. The first kappa shape index (κ1) is 14.6. The van der Waals surface area contributed by atoms with E-state index in [-0.39, 0.29) is 5.75 Å². The van der Waals surface area contributed by atoms with Crippen LogP contribution in [0.4, 0.5) is 0 Å². The van der Waals surface area contributed by atoms with Crippen LogP contribution >= 0.6 is 22.6 Å². The Labute approximate surface area is 118 Å². The monoisotopic (exact) mass is 348 g/mol. The maximum Gasteiger partial charge on any atom is 0.124 e. The zero-order chi connectivity index (χ0) is 12.5. The van der Waals surface area contributed by atoms with Gasteiger partial charge in [-0.2, -0.15) is 0 Å². The van der Waals surface area contributed by atoms with E-state index in [9.17, 15) is 5.11 Å². The van der Waals surface area contributed by atoms with E-state index < -0.39 is 0 Å². The van der Waals surface area contributed by atoms with E-state index in [1.165, 1.54) is 32.1 Å². The highest BCUT2D eigenvalue weighted by Crippen LogP contribution is 2.23. The summed E-state index contributed by atoms with van der Waals surface area (Å²) >= 11 is 2.17. The van der Waals surface area contributed by atoms with Gasteiger partial charge >= 0.3 is 0 Å². The van der Waals surface area contributed by atoms with Gasteiger partial charge in [-0.05, 0) is 41.1 Å². The van der Waals surface area contributed by atoms with Gasteiger partial charge in [0.2, 0.25) is 0 Å². The molecule has 1 N–H and O–H groups in total. The molecule has 0 fully saturated rings. The number of halogens is 1. The largest absolute Gasteiger partial charge is 0.508 e. The van der Waals surface area contributed by atoms with E-state index in [1.807, 2.05) is 6.07 Å². The summed E-state index contributed by atoms with van der Waals surface area (Å²) in [6.45, 7) is 2.97. The molecule has 1 aromatic rings. The molecule has 0 heterocycles. The molecular weight excluding hydrogens is 327 g/mol. The summed E-state index contributed by atoms with van der Waals surface area (Å²) in [5.41, 5.74) is 0. The number of benzene rings is 1. The molecule has 0 spiro atoms. The van der Waals surface area contributed by atoms with Gasteiger partial charge in [-0.25, -0.2) is 0 Å². The predicted molar refractivity (Wildman–Crippen MR) is 79.7 cm³/mol. The number of aromatic hydroxyl groups is 1. The molecule has 0 saturated carbocycles. The summed E-state index contributed by atoms with van der Waals surface area (Å²) in [5.74, 6) is 1.04. The molecule has 0 unspecified atom stereocenters. The molecule has 0 aliphatic rings. The third-order valence-corrected chi connectivity index (χ3v) is 3.25. The minimum Gasteiger partial charge on any atom is -0.508 e. The van der Waals surface area contributed by atoms with Crippen molar-refractivity contribution >= 4 is 22.6 Å². The fraction of sp³-hybridized carbons (Fsp3) is 0.571. The second kappa shape index (κ2) is 8.61. The van der Waals surface area contributed by atoms with E-state index in [4.69, 9.17) is 4.74 Å². The Bertz CT molecular complexity index is 306. The Morgan fingerprint density at radius 3 is 2.47 bits per heavy atom. The molecular formula is C14H21IO2. The molecule has 0 radical (unpaired) electrons. The third-order valence-electron chi connectivity index (χ3n) is 2.62. The summed E-state index contributed by atoms with van der Waals surface area (Å²) in [6, 6.07) is 5.33. The van der Waals surface area contributed by atoms with Crippen molar-refractivity contribution in [3.63, 3.8) is 0 Å². The Balaban J connectivity index is 2.13. The first-order chi connectivity index (χ1) is 8.22. The van der Waals surface area contributed by atoms with Gasteiger partial charge in [-0.15, -0.1) is 0 Å². The van der Waals surface area contributed by atoms with Gasteiger partial charge < -0.3 is 9.84 Å². The third kappa shape index (κ3) is 6.76. The molecule has 3 heteroatoms. The molecule has 1 rings (SSSR count). The fourth-order valence-corrected chi connectivity index (χ4v) is 2.33. The first-order valence-corrected chi connectivity index (χ1v) is 7.42. The lowest BCUT2D eigenvalue weighted by atomic mass is 10.1. The van der Waals surface area contributed by atoms with Crippen molar-refractivity contribution in [3.05, 3.63) is 21.8 Å². The number of rotatable bonds is 8. The number of hydrogen-bond acceptors (Lipinski definition) is 2. The van der Waals surface area contributed by atoms with Crippen LogP contribution in [0.5, 0.6) is 11.5 Å². The van der Waals surface area contributed by atoms with Crippen LogP contribution in [0.1, 0.15) is 45.4 Å². The van der Waals surface area contributed by atoms with Crippen molar-refractivity contribution in [3.8, 4) is 11.5 Å². The van der Waals surface area contributed by atoms with Crippen LogP contribution in [-0.2, 0) is 0 Å². The summed E-state index contributed by atoms with van der Waals surface area (Å²) in [5, 5.41) is 9.41. The smallest absolute Gasteiger partial charge is 0.124 e. The SMILES string of the molecule is CCCCCCCCOc1cc(O)cc(I)c1. The van der Waals surface area contributed by atoms with Crippen molar-refractivity contribution in [1.29, 1.82) is 0 Å². The molecule has 0 bridgehead atoms.